The van der Waals surface area contributed by atoms with Gasteiger partial charge in [-0.15, -0.1) is 0 Å². The van der Waals surface area contributed by atoms with Crippen molar-refractivity contribution >= 4 is 5.97 Å². The van der Waals surface area contributed by atoms with Gasteiger partial charge < -0.3 is 4.74 Å². The Hall–Kier alpha value is -1.73. The molecule has 8 heteroatoms. The Morgan fingerprint density at radius 2 is 1.62 bits per heavy atom. The molecule has 0 aliphatic heterocycles. The van der Waals surface area contributed by atoms with Crippen molar-refractivity contribution in [2.24, 2.45) is 20.7 Å². The minimum atomic E-state index is -0.324. The van der Waals surface area contributed by atoms with Gasteiger partial charge in [-0.3, -0.25) is 14.8 Å². The van der Waals surface area contributed by atoms with E-state index in [9.17, 15) is 4.79 Å². The van der Waals surface area contributed by atoms with E-state index in [2.05, 4.69) is 25.4 Å². The lowest BCUT2D eigenvalue weighted by Crippen LogP contribution is -2.21. The monoisotopic (exact) mass is 232 g/mol. The van der Waals surface area contributed by atoms with Gasteiger partial charge in [-0.2, -0.15) is 10.2 Å². The van der Waals surface area contributed by atoms with Gasteiger partial charge in [0.25, 0.3) is 0 Å². The number of esters is 1. The molecule has 94 valence electrons. The van der Waals surface area contributed by atoms with Crippen LogP contribution in [0.2, 0.25) is 0 Å². The molecule has 0 spiro atoms. The van der Waals surface area contributed by atoms with E-state index >= 15 is 0 Å². The lowest BCUT2D eigenvalue weighted by Gasteiger charge is -2.07. The maximum atomic E-state index is 10.5. The van der Waals surface area contributed by atoms with Crippen LogP contribution >= 0.6 is 0 Å². The number of hydrogen-bond acceptors (Lipinski definition) is 6. The number of nitrogens with zero attached hydrogens (tertiary/aromatic N) is 6. The molecule has 0 fully saturated rings. The molecule has 0 aromatic carbocycles. The van der Waals surface area contributed by atoms with Crippen molar-refractivity contribution in [2.75, 3.05) is 48.9 Å². The fourth-order valence-electron chi connectivity index (χ4n) is 0.615. The van der Waals surface area contributed by atoms with Gasteiger partial charge in [0.15, 0.2) is 0 Å². The summed E-state index contributed by atoms with van der Waals surface area (Å²) in [6.07, 6.45) is 0. The van der Waals surface area contributed by atoms with Crippen molar-refractivity contribution < 1.29 is 9.53 Å². The van der Waals surface area contributed by atoms with E-state index in [4.69, 9.17) is 0 Å². The van der Waals surface area contributed by atoms with E-state index in [-0.39, 0.29) is 12.5 Å². The molecule has 0 bridgehead atoms. The Bertz CT molecular complexity index is 229. The number of likely N-dealkylation sites (N-methyl/N-ethyl adjacent to an activating group) is 1. The second-order valence-corrected chi connectivity index (χ2v) is 2.82. The van der Waals surface area contributed by atoms with Gasteiger partial charge in [-0.25, -0.2) is 0 Å². The average Bonchev–Trinajstić information content (AvgIpc) is 2.18. The molecule has 0 N–H and O–H groups in total. The predicted octanol–water partition coefficient (Wildman–Crippen LogP) is 0.633. The van der Waals surface area contributed by atoms with Crippen molar-refractivity contribution in [1.82, 2.24) is 10.0 Å². The Morgan fingerprint density at radius 3 is 1.88 bits per heavy atom. The van der Waals surface area contributed by atoms with Crippen LogP contribution in [0.1, 0.15) is 0 Å². The van der Waals surface area contributed by atoms with Crippen LogP contribution in [0.25, 0.3) is 0 Å². The molecular weight excluding hydrogens is 212 g/mol. The summed E-state index contributed by atoms with van der Waals surface area (Å²) in [4.78, 5) is 10.5. The van der Waals surface area contributed by atoms with Crippen LogP contribution in [-0.4, -0.2) is 64.9 Å². The van der Waals surface area contributed by atoms with Crippen LogP contribution in [-0.2, 0) is 9.53 Å². The van der Waals surface area contributed by atoms with E-state index in [1.807, 2.05) is 14.1 Å². The van der Waals surface area contributed by atoms with Crippen LogP contribution in [0, 0.1) is 0 Å². The van der Waals surface area contributed by atoms with E-state index < -0.39 is 0 Å². The summed E-state index contributed by atoms with van der Waals surface area (Å²) < 4.78 is 4.38. The summed E-state index contributed by atoms with van der Waals surface area (Å²) in [7, 11) is 9.80. The van der Waals surface area contributed by atoms with Gasteiger partial charge in [-0.05, 0) is 0 Å². The number of hydrogen-bond donors (Lipinski definition) is 0. The van der Waals surface area contributed by atoms with Crippen LogP contribution in [0.3, 0.4) is 0 Å². The fourth-order valence-corrected chi connectivity index (χ4v) is 0.615. The van der Waals surface area contributed by atoms with Crippen molar-refractivity contribution in [1.29, 1.82) is 0 Å². The second-order valence-electron chi connectivity index (χ2n) is 2.82. The molecule has 0 unspecified atom stereocenters. The molecule has 0 amide bonds. The largest absolute Gasteiger partial charge is 0.468 e. The lowest BCUT2D eigenvalue weighted by molar-refractivity contribution is -0.141. The van der Waals surface area contributed by atoms with Gasteiger partial charge >= 0.3 is 5.97 Å². The first kappa shape index (κ1) is 16.7. The third kappa shape index (κ3) is 14.8. The van der Waals surface area contributed by atoms with E-state index in [0.717, 1.165) is 0 Å². The van der Waals surface area contributed by atoms with Gasteiger partial charge in [0.1, 0.15) is 6.54 Å². The quantitative estimate of drug-likeness (QED) is 0.404. The molecular formula is C8H20N6O2. The third-order valence-corrected chi connectivity index (χ3v) is 1.10. The summed E-state index contributed by atoms with van der Waals surface area (Å²) in [6, 6.07) is 0. The summed E-state index contributed by atoms with van der Waals surface area (Å²) in [5.74, 6) is -0.324. The first-order valence-corrected chi connectivity index (χ1v) is 4.52. The minimum Gasteiger partial charge on any atom is -0.468 e. The molecule has 0 aromatic heterocycles. The molecule has 0 radical (unpaired) electrons. The third-order valence-electron chi connectivity index (χ3n) is 1.10. The summed E-state index contributed by atoms with van der Waals surface area (Å²) >= 11 is 0. The zero-order chi connectivity index (χ0) is 13.0. The minimum absolute atomic E-state index is 0.133. The molecule has 0 aliphatic carbocycles. The number of carbonyl (C=O) groups is 1. The molecule has 8 nitrogen and oxygen atoms in total. The lowest BCUT2D eigenvalue weighted by atomic mass is 10.6. The predicted molar refractivity (Wildman–Crippen MR) is 59.9 cm³/mol. The summed E-state index contributed by atoms with van der Waals surface area (Å²) in [6.45, 7) is 0.133. The second kappa shape index (κ2) is 11.3. The van der Waals surface area contributed by atoms with Crippen LogP contribution in [0.5, 0.6) is 0 Å². The maximum absolute atomic E-state index is 10.5. The Kier molecular flexibility index (Phi) is 11.8. The highest BCUT2D eigenvalue weighted by Gasteiger charge is 2.01. The Balaban J connectivity index is 0. The molecule has 16 heavy (non-hydrogen) atoms. The van der Waals surface area contributed by atoms with Crippen molar-refractivity contribution in [3.05, 3.63) is 0 Å². The summed E-state index contributed by atoms with van der Waals surface area (Å²) in [5.41, 5.74) is 0. The van der Waals surface area contributed by atoms with E-state index in [0.29, 0.717) is 0 Å². The Morgan fingerprint density at radius 1 is 1.12 bits per heavy atom. The first-order chi connectivity index (χ1) is 7.47. The van der Waals surface area contributed by atoms with Gasteiger partial charge in [0.05, 0.1) is 21.2 Å². The van der Waals surface area contributed by atoms with Crippen molar-refractivity contribution in [3.8, 4) is 0 Å². The number of carbonyl (C=O) groups excluding carboxylic acids is 1. The highest BCUT2D eigenvalue weighted by Crippen LogP contribution is 1.84. The van der Waals surface area contributed by atoms with Crippen molar-refractivity contribution in [2.45, 2.75) is 0 Å². The smallest absolute Gasteiger partial charge is 0.327 e. The van der Waals surface area contributed by atoms with Crippen molar-refractivity contribution in [3.63, 3.8) is 0 Å². The number of rotatable bonds is 4. The van der Waals surface area contributed by atoms with E-state index in [1.165, 1.54) is 19.2 Å². The van der Waals surface area contributed by atoms with Crippen LogP contribution < -0.4 is 0 Å². The molecule has 0 heterocycles. The van der Waals surface area contributed by atoms with Gasteiger partial charge in [0, 0.05) is 21.1 Å². The van der Waals surface area contributed by atoms with Crippen LogP contribution in [0.15, 0.2) is 20.7 Å². The number of methoxy groups -OCH3 is 1. The maximum Gasteiger partial charge on any atom is 0.327 e. The molecule has 0 saturated carbocycles. The van der Waals surface area contributed by atoms with Gasteiger partial charge in [-0.1, -0.05) is 10.4 Å². The SMILES string of the molecule is CN=NN(C)C.CN=NN(C)CC(=O)OC. The van der Waals surface area contributed by atoms with Crippen LogP contribution in [0.4, 0.5) is 0 Å². The van der Waals surface area contributed by atoms with Gasteiger partial charge in [0.2, 0.25) is 0 Å². The molecule has 0 saturated heterocycles. The molecule has 0 aliphatic rings. The van der Waals surface area contributed by atoms with E-state index in [1.54, 1.807) is 19.1 Å². The highest BCUT2D eigenvalue weighted by atomic mass is 16.5. The zero-order valence-corrected chi connectivity index (χ0v) is 10.7. The Labute approximate surface area is 95.9 Å². The number of ether oxygens (including phenoxy) is 1. The summed E-state index contributed by atoms with van der Waals surface area (Å²) in [5, 5.41) is 17.1. The normalized spacial score (nSPS) is 9.88. The fraction of sp³-hybridized carbons (Fsp3) is 0.875. The molecule has 0 atom stereocenters. The standard InChI is InChI=1S/C5H11N3O2.C3H9N3/c1-6-7-8(2)4-5(9)10-3;1-4-5-6(2)3/h4H2,1-3H3;1-3H3. The first-order valence-electron chi connectivity index (χ1n) is 4.52. The topological polar surface area (TPSA) is 82.2 Å². The zero-order valence-electron chi connectivity index (χ0n) is 10.7. The molecule has 0 aromatic rings. The average molecular weight is 232 g/mol. The molecule has 0 rings (SSSR count). The highest BCUT2D eigenvalue weighted by molar-refractivity contribution is 5.71.